The van der Waals surface area contributed by atoms with Gasteiger partial charge < -0.3 is 10.2 Å². The van der Waals surface area contributed by atoms with Crippen molar-refractivity contribution in [1.29, 1.82) is 0 Å². The van der Waals surface area contributed by atoms with Crippen LogP contribution in [0.3, 0.4) is 0 Å². The van der Waals surface area contributed by atoms with Gasteiger partial charge in [0.15, 0.2) is 0 Å². The van der Waals surface area contributed by atoms with Gasteiger partial charge in [-0.25, -0.2) is 14.3 Å². The van der Waals surface area contributed by atoms with E-state index in [9.17, 15) is 19.2 Å². The van der Waals surface area contributed by atoms with Crippen molar-refractivity contribution in [3.8, 4) is 5.69 Å². The van der Waals surface area contributed by atoms with Gasteiger partial charge in [-0.15, -0.1) is 0 Å². The van der Waals surface area contributed by atoms with E-state index in [1.807, 2.05) is 0 Å². The highest BCUT2D eigenvalue weighted by molar-refractivity contribution is 6.29. The minimum atomic E-state index is -1.05. The molecular weight excluding hydrogens is 476 g/mol. The number of carboxylic acid groups (broad SMARTS) is 2. The van der Waals surface area contributed by atoms with Gasteiger partial charge in [-0.05, 0) is 74.5 Å². The summed E-state index contributed by atoms with van der Waals surface area (Å²) < 4.78 is 1.33. The third kappa shape index (κ3) is 5.08. The number of H-pyrrole nitrogens is 1. The summed E-state index contributed by atoms with van der Waals surface area (Å²) in [5, 5.41) is 26.5. The summed E-state index contributed by atoms with van der Waals surface area (Å²) in [5.74, 6) is -2.44. The lowest BCUT2D eigenvalue weighted by molar-refractivity contribution is -0.114. The molecule has 3 aromatic rings. The first-order chi connectivity index (χ1) is 17.7. The first kappa shape index (κ1) is 24.9. The van der Waals surface area contributed by atoms with Crippen LogP contribution in [0.5, 0.6) is 0 Å². The van der Waals surface area contributed by atoms with Crippen molar-refractivity contribution < 1.29 is 24.6 Å². The minimum Gasteiger partial charge on any atom is -0.478 e. The Balaban J connectivity index is 1.47. The van der Waals surface area contributed by atoms with E-state index in [0.29, 0.717) is 33.9 Å². The quantitative estimate of drug-likeness (QED) is 0.334. The number of nitrogens with one attached hydrogen (secondary N) is 1. The largest absolute Gasteiger partial charge is 0.478 e. The van der Waals surface area contributed by atoms with E-state index in [1.54, 1.807) is 56.4 Å². The smallest absolute Gasteiger partial charge is 0.335 e. The van der Waals surface area contributed by atoms with Crippen LogP contribution in [0, 0.1) is 6.92 Å². The topological polar surface area (TPSA) is 145 Å². The first-order valence-electron chi connectivity index (χ1n) is 11.1. The Hall–Kier alpha value is -5.25. The SMILES string of the molecule is CC1=NN(c2ccc(C(=O)O)cc2)C(=O)\C1=C/C=C/C=C/c1c(C)[nH]n(-c2ccc(C(=O)O)cc2)c1=O. The first-order valence-corrected chi connectivity index (χ1v) is 11.1. The van der Waals surface area contributed by atoms with Crippen LogP contribution in [0.25, 0.3) is 11.8 Å². The molecule has 1 aliphatic heterocycles. The molecule has 0 aliphatic carbocycles. The number of anilines is 1. The number of carbonyl (C=O) groups is 3. The number of hydrazone groups is 1. The maximum Gasteiger partial charge on any atom is 0.335 e. The number of rotatable bonds is 7. The van der Waals surface area contributed by atoms with Crippen LogP contribution in [-0.4, -0.2) is 43.6 Å². The third-order valence-electron chi connectivity index (χ3n) is 5.66. The molecule has 1 amide bonds. The molecule has 0 fully saturated rings. The summed E-state index contributed by atoms with van der Waals surface area (Å²) >= 11 is 0. The van der Waals surface area contributed by atoms with Gasteiger partial charge in [-0.3, -0.25) is 14.7 Å². The van der Waals surface area contributed by atoms with Crippen molar-refractivity contribution in [3.63, 3.8) is 0 Å². The van der Waals surface area contributed by atoms with Crippen molar-refractivity contribution in [2.75, 3.05) is 5.01 Å². The number of carbonyl (C=O) groups excluding carboxylic acids is 1. The monoisotopic (exact) mass is 498 g/mol. The Bertz CT molecular complexity index is 1570. The summed E-state index contributed by atoms with van der Waals surface area (Å²) in [4.78, 5) is 47.7. The average molecular weight is 498 g/mol. The predicted molar refractivity (Wildman–Crippen MR) is 138 cm³/mol. The van der Waals surface area contributed by atoms with Crippen LogP contribution < -0.4 is 10.6 Å². The highest BCUT2D eigenvalue weighted by Gasteiger charge is 2.28. The van der Waals surface area contributed by atoms with Crippen molar-refractivity contribution in [3.05, 3.63) is 111 Å². The Morgan fingerprint density at radius 1 is 0.838 bits per heavy atom. The molecule has 0 saturated heterocycles. The molecule has 1 aliphatic rings. The summed E-state index contributed by atoms with van der Waals surface area (Å²) in [6, 6.07) is 11.8. The normalized spacial score (nSPS) is 14.8. The molecule has 0 saturated carbocycles. The van der Waals surface area contributed by atoms with Gasteiger partial charge in [0, 0.05) is 5.69 Å². The number of nitrogens with zero attached hydrogens (tertiary/aromatic N) is 3. The number of carboxylic acids is 2. The second-order valence-electron chi connectivity index (χ2n) is 8.12. The number of aromatic amines is 1. The van der Waals surface area contributed by atoms with E-state index < -0.39 is 11.9 Å². The number of aromatic carboxylic acids is 2. The lowest BCUT2D eigenvalue weighted by atomic mass is 10.1. The number of hydrogen-bond acceptors (Lipinski definition) is 5. The lowest BCUT2D eigenvalue weighted by Crippen LogP contribution is -2.21. The van der Waals surface area contributed by atoms with E-state index in [-0.39, 0.29) is 22.6 Å². The summed E-state index contributed by atoms with van der Waals surface area (Å²) in [6.07, 6.45) is 8.25. The van der Waals surface area contributed by atoms with Gasteiger partial charge in [0.05, 0.1) is 39.3 Å². The van der Waals surface area contributed by atoms with Gasteiger partial charge >= 0.3 is 11.9 Å². The molecule has 186 valence electrons. The number of amides is 1. The van der Waals surface area contributed by atoms with E-state index in [0.717, 1.165) is 0 Å². The van der Waals surface area contributed by atoms with Gasteiger partial charge in [0.25, 0.3) is 11.5 Å². The maximum atomic E-state index is 12.8. The van der Waals surface area contributed by atoms with Crippen LogP contribution in [0.1, 0.15) is 38.9 Å². The summed E-state index contributed by atoms with van der Waals surface area (Å²) in [6.45, 7) is 3.46. The third-order valence-corrected chi connectivity index (χ3v) is 5.66. The van der Waals surface area contributed by atoms with Crippen LogP contribution in [0.2, 0.25) is 0 Å². The molecule has 0 spiro atoms. The number of hydrogen-bond donors (Lipinski definition) is 3. The van der Waals surface area contributed by atoms with Crippen molar-refractivity contribution in [2.24, 2.45) is 5.10 Å². The molecular formula is C27H22N4O6. The Morgan fingerprint density at radius 3 is 1.97 bits per heavy atom. The molecule has 0 bridgehead atoms. The van der Waals surface area contributed by atoms with Crippen LogP contribution >= 0.6 is 0 Å². The Labute approximate surface area is 210 Å². The van der Waals surface area contributed by atoms with Crippen molar-refractivity contribution in [2.45, 2.75) is 13.8 Å². The Kier molecular flexibility index (Phi) is 6.83. The van der Waals surface area contributed by atoms with Gasteiger partial charge in [0.1, 0.15) is 0 Å². The fourth-order valence-corrected chi connectivity index (χ4v) is 3.69. The van der Waals surface area contributed by atoms with E-state index >= 15 is 0 Å². The van der Waals surface area contributed by atoms with Crippen LogP contribution in [-0.2, 0) is 4.79 Å². The Morgan fingerprint density at radius 2 is 1.41 bits per heavy atom. The summed E-state index contributed by atoms with van der Waals surface area (Å²) in [7, 11) is 0. The number of aromatic nitrogens is 2. The predicted octanol–water partition coefficient (Wildman–Crippen LogP) is 3.79. The van der Waals surface area contributed by atoms with Crippen LogP contribution in [0.4, 0.5) is 5.69 Å². The highest BCUT2D eigenvalue weighted by Crippen LogP contribution is 2.24. The second-order valence-corrected chi connectivity index (χ2v) is 8.12. The fourth-order valence-electron chi connectivity index (χ4n) is 3.69. The average Bonchev–Trinajstić information content (AvgIpc) is 3.33. The van der Waals surface area contributed by atoms with Gasteiger partial charge in [-0.1, -0.05) is 18.2 Å². The minimum absolute atomic E-state index is 0.113. The lowest BCUT2D eigenvalue weighted by Gasteiger charge is -2.11. The van der Waals surface area contributed by atoms with Crippen LogP contribution in [0.15, 0.2) is 88.3 Å². The van der Waals surface area contributed by atoms with Gasteiger partial charge in [0.2, 0.25) is 0 Å². The number of allylic oxidation sites excluding steroid dienone is 4. The number of benzene rings is 2. The zero-order chi connectivity index (χ0) is 26.7. The molecule has 37 heavy (non-hydrogen) atoms. The standard InChI is InChI=1S/C27H22N4O6/c1-16-22(24(32)30(28-16)20-12-8-18(9-13-20)26(34)35)6-4-3-5-7-23-17(2)29-31(25(23)33)21-14-10-19(11-15-21)27(36)37/h3-15,28H,1-2H3,(H,34,35)(H,36,37)/b5-3+,6-4+,23-7-. The molecule has 0 radical (unpaired) electrons. The second kappa shape index (κ2) is 10.2. The molecule has 1 aromatic heterocycles. The number of aryl methyl sites for hydroxylation is 1. The molecule has 0 atom stereocenters. The van der Waals surface area contributed by atoms with Gasteiger partial charge in [-0.2, -0.15) is 10.1 Å². The van der Waals surface area contributed by atoms with E-state index in [2.05, 4.69) is 10.2 Å². The van der Waals surface area contributed by atoms with Crippen molar-refractivity contribution >= 4 is 35.3 Å². The highest BCUT2D eigenvalue weighted by atomic mass is 16.4. The molecule has 2 aromatic carbocycles. The molecule has 0 unspecified atom stereocenters. The van der Waals surface area contributed by atoms with Crippen molar-refractivity contribution in [1.82, 2.24) is 9.78 Å². The molecule has 2 heterocycles. The zero-order valence-electron chi connectivity index (χ0n) is 19.9. The molecule has 10 heteroatoms. The van der Waals surface area contributed by atoms with E-state index in [1.165, 1.54) is 46.1 Å². The summed E-state index contributed by atoms with van der Waals surface area (Å²) in [5.41, 5.74) is 2.88. The molecule has 3 N–H and O–H groups in total. The maximum absolute atomic E-state index is 12.8. The molecule has 4 rings (SSSR count). The zero-order valence-corrected chi connectivity index (χ0v) is 19.9. The fraction of sp³-hybridized carbons (Fsp3) is 0.0741. The van der Waals surface area contributed by atoms with E-state index in [4.69, 9.17) is 10.2 Å². The molecule has 10 nitrogen and oxygen atoms in total.